The third-order valence-electron chi connectivity index (χ3n) is 4.35. The van der Waals surface area contributed by atoms with Gasteiger partial charge in [-0.05, 0) is 44.9 Å². The predicted molar refractivity (Wildman–Crippen MR) is 68.8 cm³/mol. The number of nitrogens with one attached hydrogen (secondary N) is 2. The molecule has 0 aliphatic carbocycles. The van der Waals surface area contributed by atoms with E-state index in [1.54, 1.807) is 0 Å². The molecule has 0 saturated carbocycles. The standard InChI is InChI=1S/C13H25N3O/c1-3-16-6-4-5-12(16)9-15-13(17)10(2)11-7-14-8-11/h10-12,14H,3-9H2,1-2H3,(H,15,17). The Bertz CT molecular complexity index is 265. The van der Waals surface area contributed by atoms with Gasteiger partial charge in [-0.3, -0.25) is 9.69 Å². The second kappa shape index (κ2) is 5.83. The van der Waals surface area contributed by atoms with Crippen LogP contribution < -0.4 is 10.6 Å². The summed E-state index contributed by atoms with van der Waals surface area (Å²) in [5.74, 6) is 0.938. The fourth-order valence-electron chi connectivity index (χ4n) is 2.80. The van der Waals surface area contributed by atoms with Crippen molar-refractivity contribution < 1.29 is 4.79 Å². The maximum atomic E-state index is 12.0. The number of likely N-dealkylation sites (N-methyl/N-ethyl adjacent to an activating group) is 1. The van der Waals surface area contributed by atoms with Crippen molar-refractivity contribution in [3.63, 3.8) is 0 Å². The van der Waals surface area contributed by atoms with Crippen LogP contribution in [0.5, 0.6) is 0 Å². The first-order valence-corrected chi connectivity index (χ1v) is 6.94. The molecule has 0 bridgehead atoms. The zero-order valence-electron chi connectivity index (χ0n) is 11.0. The Morgan fingerprint density at radius 2 is 2.29 bits per heavy atom. The summed E-state index contributed by atoms with van der Waals surface area (Å²) in [6.45, 7) is 9.37. The van der Waals surface area contributed by atoms with E-state index in [0.29, 0.717) is 12.0 Å². The van der Waals surface area contributed by atoms with E-state index in [-0.39, 0.29) is 11.8 Å². The van der Waals surface area contributed by atoms with Gasteiger partial charge in [-0.2, -0.15) is 0 Å². The number of carbonyl (C=O) groups is 1. The van der Waals surface area contributed by atoms with E-state index in [9.17, 15) is 4.79 Å². The minimum Gasteiger partial charge on any atom is -0.354 e. The first kappa shape index (κ1) is 12.8. The van der Waals surface area contributed by atoms with Crippen molar-refractivity contribution in [3.05, 3.63) is 0 Å². The second-order valence-electron chi connectivity index (χ2n) is 5.38. The van der Waals surface area contributed by atoms with Crippen LogP contribution >= 0.6 is 0 Å². The Balaban J connectivity index is 1.71. The lowest BCUT2D eigenvalue weighted by atomic mass is 9.88. The molecule has 1 amide bonds. The molecular weight excluding hydrogens is 214 g/mol. The van der Waals surface area contributed by atoms with Gasteiger partial charge in [-0.25, -0.2) is 0 Å². The van der Waals surface area contributed by atoms with Gasteiger partial charge >= 0.3 is 0 Å². The normalized spacial score (nSPS) is 27.8. The van der Waals surface area contributed by atoms with Gasteiger partial charge in [0, 0.05) is 18.5 Å². The van der Waals surface area contributed by atoms with Crippen molar-refractivity contribution in [1.29, 1.82) is 0 Å². The molecule has 2 rings (SSSR count). The van der Waals surface area contributed by atoms with Crippen molar-refractivity contribution in [2.75, 3.05) is 32.7 Å². The Labute approximate surface area is 104 Å². The van der Waals surface area contributed by atoms with E-state index < -0.39 is 0 Å². The lowest BCUT2D eigenvalue weighted by molar-refractivity contribution is -0.126. The van der Waals surface area contributed by atoms with Gasteiger partial charge in [-0.15, -0.1) is 0 Å². The maximum Gasteiger partial charge on any atom is 0.223 e. The van der Waals surface area contributed by atoms with Gasteiger partial charge in [0.25, 0.3) is 0 Å². The number of hydrogen-bond donors (Lipinski definition) is 2. The van der Waals surface area contributed by atoms with Crippen LogP contribution in [0.25, 0.3) is 0 Å². The monoisotopic (exact) mass is 239 g/mol. The molecule has 2 aliphatic heterocycles. The van der Waals surface area contributed by atoms with Crippen molar-refractivity contribution in [1.82, 2.24) is 15.5 Å². The Morgan fingerprint density at radius 1 is 1.53 bits per heavy atom. The SMILES string of the molecule is CCN1CCCC1CNC(=O)C(C)C1CNC1. The topological polar surface area (TPSA) is 44.4 Å². The summed E-state index contributed by atoms with van der Waals surface area (Å²) in [6, 6.07) is 0.565. The predicted octanol–water partition coefficient (Wildman–Crippen LogP) is 0.442. The Hall–Kier alpha value is -0.610. The van der Waals surface area contributed by atoms with Gasteiger partial charge in [0.05, 0.1) is 0 Å². The fourth-order valence-corrected chi connectivity index (χ4v) is 2.80. The average molecular weight is 239 g/mol. The van der Waals surface area contributed by atoms with Gasteiger partial charge in [0.2, 0.25) is 5.91 Å². The molecule has 0 radical (unpaired) electrons. The third-order valence-corrected chi connectivity index (χ3v) is 4.35. The minimum atomic E-state index is 0.160. The molecule has 2 fully saturated rings. The summed E-state index contributed by atoms with van der Waals surface area (Å²) in [5.41, 5.74) is 0. The molecular formula is C13H25N3O. The number of hydrogen-bond acceptors (Lipinski definition) is 3. The summed E-state index contributed by atoms with van der Waals surface area (Å²) in [4.78, 5) is 14.4. The van der Waals surface area contributed by atoms with Crippen LogP contribution in [0.2, 0.25) is 0 Å². The highest BCUT2D eigenvalue weighted by molar-refractivity contribution is 5.78. The van der Waals surface area contributed by atoms with Crippen molar-refractivity contribution >= 4 is 5.91 Å². The maximum absolute atomic E-state index is 12.0. The van der Waals surface area contributed by atoms with Crippen molar-refractivity contribution in [3.8, 4) is 0 Å². The van der Waals surface area contributed by atoms with Crippen LogP contribution in [0, 0.1) is 11.8 Å². The van der Waals surface area contributed by atoms with Gasteiger partial charge in [-0.1, -0.05) is 13.8 Å². The van der Waals surface area contributed by atoms with Crippen molar-refractivity contribution in [2.45, 2.75) is 32.7 Å². The number of rotatable bonds is 5. The van der Waals surface area contributed by atoms with E-state index in [4.69, 9.17) is 0 Å². The quantitative estimate of drug-likeness (QED) is 0.732. The van der Waals surface area contributed by atoms with Gasteiger partial charge in [0.1, 0.15) is 0 Å². The van der Waals surface area contributed by atoms with Crippen molar-refractivity contribution in [2.24, 2.45) is 11.8 Å². The summed E-state index contributed by atoms with van der Waals surface area (Å²) in [7, 11) is 0. The highest BCUT2D eigenvalue weighted by Gasteiger charge is 2.29. The molecule has 0 aromatic heterocycles. The average Bonchev–Trinajstić information content (AvgIpc) is 2.70. The highest BCUT2D eigenvalue weighted by Crippen LogP contribution is 2.18. The van der Waals surface area contributed by atoms with E-state index in [1.807, 2.05) is 6.92 Å². The van der Waals surface area contributed by atoms with Crippen LogP contribution in [0.4, 0.5) is 0 Å². The largest absolute Gasteiger partial charge is 0.354 e. The molecule has 2 N–H and O–H groups in total. The highest BCUT2D eigenvalue weighted by atomic mass is 16.1. The first-order chi connectivity index (χ1) is 8.22. The molecule has 0 aromatic rings. The van der Waals surface area contributed by atoms with E-state index in [0.717, 1.165) is 26.2 Å². The van der Waals surface area contributed by atoms with Crippen LogP contribution in [-0.2, 0) is 4.79 Å². The molecule has 17 heavy (non-hydrogen) atoms. The van der Waals surface area contributed by atoms with Crippen LogP contribution in [0.3, 0.4) is 0 Å². The number of nitrogens with zero attached hydrogens (tertiary/aromatic N) is 1. The summed E-state index contributed by atoms with van der Waals surface area (Å²) in [5, 5.41) is 6.35. The van der Waals surface area contributed by atoms with Gasteiger partial charge < -0.3 is 10.6 Å². The molecule has 4 nitrogen and oxygen atoms in total. The van der Waals surface area contributed by atoms with Crippen LogP contribution in [-0.4, -0.2) is 49.6 Å². The second-order valence-corrected chi connectivity index (χ2v) is 5.38. The summed E-state index contributed by atoms with van der Waals surface area (Å²) < 4.78 is 0. The first-order valence-electron chi connectivity index (χ1n) is 6.94. The smallest absolute Gasteiger partial charge is 0.223 e. The Kier molecular flexibility index (Phi) is 4.40. The van der Waals surface area contributed by atoms with E-state index in [2.05, 4.69) is 22.5 Å². The Morgan fingerprint density at radius 3 is 2.88 bits per heavy atom. The number of likely N-dealkylation sites (tertiary alicyclic amines) is 1. The molecule has 2 heterocycles. The van der Waals surface area contributed by atoms with E-state index >= 15 is 0 Å². The molecule has 2 aliphatic rings. The molecule has 98 valence electrons. The molecule has 4 heteroatoms. The summed E-state index contributed by atoms with van der Waals surface area (Å²) in [6.07, 6.45) is 2.50. The minimum absolute atomic E-state index is 0.160. The number of amides is 1. The number of carbonyl (C=O) groups excluding carboxylic acids is 1. The lowest BCUT2D eigenvalue weighted by Gasteiger charge is -2.32. The lowest BCUT2D eigenvalue weighted by Crippen LogP contribution is -2.50. The zero-order valence-corrected chi connectivity index (χ0v) is 11.0. The zero-order chi connectivity index (χ0) is 12.3. The fraction of sp³-hybridized carbons (Fsp3) is 0.923. The molecule has 0 aromatic carbocycles. The van der Waals surface area contributed by atoms with Gasteiger partial charge in [0.15, 0.2) is 0 Å². The van der Waals surface area contributed by atoms with Crippen LogP contribution in [0.15, 0.2) is 0 Å². The molecule has 2 atom stereocenters. The molecule has 0 spiro atoms. The van der Waals surface area contributed by atoms with Crippen LogP contribution in [0.1, 0.15) is 26.7 Å². The third kappa shape index (κ3) is 2.99. The molecule has 2 saturated heterocycles. The molecule has 2 unspecified atom stereocenters. The summed E-state index contributed by atoms with van der Waals surface area (Å²) >= 11 is 0. The van der Waals surface area contributed by atoms with E-state index in [1.165, 1.54) is 19.4 Å².